The maximum absolute atomic E-state index is 12.2. The van der Waals surface area contributed by atoms with Crippen LogP contribution in [0.3, 0.4) is 0 Å². The normalized spacial score (nSPS) is 11.1. The Hall–Kier alpha value is -3.57. The zero-order chi connectivity index (χ0) is 20.9. The summed E-state index contributed by atoms with van der Waals surface area (Å²) >= 11 is 6.62. The van der Waals surface area contributed by atoms with E-state index < -0.39 is 0 Å². The summed E-state index contributed by atoms with van der Waals surface area (Å²) in [5, 5.41) is 11.8. The number of fused-ring (bicyclic) bond motifs is 2. The molecule has 0 unspecified atom stereocenters. The average molecular weight is 418 g/mol. The highest BCUT2D eigenvalue weighted by Gasteiger charge is 2.11. The molecular weight excluding hydrogens is 398 g/mol. The van der Waals surface area contributed by atoms with Crippen molar-refractivity contribution in [2.75, 3.05) is 19.0 Å². The van der Waals surface area contributed by atoms with Crippen molar-refractivity contribution in [1.82, 2.24) is 5.43 Å². The van der Waals surface area contributed by atoms with Crippen LogP contribution in [-0.2, 0) is 4.79 Å². The number of methoxy groups -OCH3 is 1. The molecule has 5 nitrogen and oxygen atoms in total. The number of carbonyl (C=O) groups excluding carboxylic acids is 1. The zero-order valence-corrected chi connectivity index (χ0v) is 17.1. The first-order chi connectivity index (χ1) is 14.7. The van der Waals surface area contributed by atoms with Gasteiger partial charge in [-0.2, -0.15) is 5.10 Å². The summed E-state index contributed by atoms with van der Waals surface area (Å²) in [5.41, 5.74) is 4.23. The van der Waals surface area contributed by atoms with Gasteiger partial charge >= 0.3 is 0 Å². The lowest BCUT2D eigenvalue weighted by Gasteiger charge is -2.11. The fraction of sp³-hybridized carbons (Fsp3) is 0.0833. The van der Waals surface area contributed by atoms with Crippen LogP contribution in [0.15, 0.2) is 77.9 Å². The van der Waals surface area contributed by atoms with Crippen LogP contribution >= 0.6 is 11.6 Å². The molecule has 0 saturated heterocycles. The van der Waals surface area contributed by atoms with E-state index in [4.69, 9.17) is 16.3 Å². The Balaban J connectivity index is 1.55. The van der Waals surface area contributed by atoms with E-state index in [9.17, 15) is 4.79 Å². The Labute approximate surface area is 179 Å². The van der Waals surface area contributed by atoms with Crippen LogP contribution in [0.2, 0.25) is 5.02 Å². The Bertz CT molecular complexity index is 1200. The van der Waals surface area contributed by atoms with Gasteiger partial charge in [0.15, 0.2) is 0 Å². The predicted octanol–water partition coefficient (Wildman–Crippen LogP) is 5.22. The summed E-state index contributed by atoms with van der Waals surface area (Å²) in [4.78, 5) is 12.2. The molecule has 0 saturated carbocycles. The maximum Gasteiger partial charge on any atom is 0.259 e. The van der Waals surface area contributed by atoms with Gasteiger partial charge in [0.2, 0.25) is 0 Å². The van der Waals surface area contributed by atoms with Gasteiger partial charge < -0.3 is 10.1 Å². The van der Waals surface area contributed by atoms with Crippen LogP contribution in [-0.4, -0.2) is 25.8 Å². The monoisotopic (exact) mass is 417 g/mol. The van der Waals surface area contributed by atoms with Crippen molar-refractivity contribution in [3.63, 3.8) is 0 Å². The van der Waals surface area contributed by atoms with Gasteiger partial charge in [0.05, 0.1) is 30.6 Å². The molecule has 1 amide bonds. The third-order valence-corrected chi connectivity index (χ3v) is 5.24. The molecule has 0 bridgehead atoms. The van der Waals surface area contributed by atoms with Gasteiger partial charge in [0, 0.05) is 16.3 Å². The van der Waals surface area contributed by atoms with Crippen molar-refractivity contribution in [2.24, 2.45) is 5.10 Å². The number of anilines is 1. The minimum absolute atomic E-state index is 0.0693. The average Bonchev–Trinajstić information content (AvgIpc) is 2.80. The van der Waals surface area contributed by atoms with Crippen LogP contribution in [0.1, 0.15) is 5.56 Å². The Morgan fingerprint density at radius 2 is 1.50 bits per heavy atom. The second-order valence-electron chi connectivity index (χ2n) is 6.67. The molecule has 4 rings (SSSR count). The molecule has 0 spiro atoms. The van der Waals surface area contributed by atoms with Crippen LogP contribution in [0.4, 0.5) is 5.69 Å². The lowest BCUT2D eigenvalue weighted by molar-refractivity contribution is -0.119. The molecule has 0 atom stereocenters. The van der Waals surface area contributed by atoms with Crippen LogP contribution in [0.25, 0.3) is 21.5 Å². The molecule has 30 heavy (non-hydrogen) atoms. The molecule has 0 aliphatic carbocycles. The molecule has 4 aromatic rings. The molecule has 6 heteroatoms. The van der Waals surface area contributed by atoms with Gasteiger partial charge in [-0.15, -0.1) is 0 Å². The van der Waals surface area contributed by atoms with Gasteiger partial charge in [-0.05, 0) is 22.9 Å². The molecule has 0 aliphatic rings. The molecule has 150 valence electrons. The number of para-hydroxylation sites is 2. The fourth-order valence-electron chi connectivity index (χ4n) is 3.42. The summed E-state index contributed by atoms with van der Waals surface area (Å²) in [5.74, 6) is 0.410. The minimum Gasteiger partial charge on any atom is -0.495 e. The number of nitrogens with zero attached hydrogens (tertiary/aromatic N) is 1. The number of halogens is 1. The van der Waals surface area contributed by atoms with E-state index in [1.165, 1.54) is 0 Å². The lowest BCUT2D eigenvalue weighted by atomic mass is 9.97. The molecule has 2 N–H and O–H groups in total. The van der Waals surface area contributed by atoms with Gasteiger partial charge in [-0.25, -0.2) is 5.43 Å². The molecule has 0 fully saturated rings. The molecule has 0 heterocycles. The van der Waals surface area contributed by atoms with Gasteiger partial charge in [0.25, 0.3) is 5.91 Å². The number of carbonyl (C=O) groups is 1. The SMILES string of the molecule is COc1ccccc1NCC(=O)N/N=C\c1c2ccccc2c(Cl)c2ccccc12. The van der Waals surface area contributed by atoms with Gasteiger partial charge in [-0.1, -0.05) is 72.3 Å². The summed E-state index contributed by atoms with van der Waals surface area (Å²) < 4.78 is 5.27. The van der Waals surface area contributed by atoms with E-state index in [0.29, 0.717) is 10.8 Å². The number of amides is 1. The Morgan fingerprint density at radius 1 is 0.933 bits per heavy atom. The van der Waals surface area contributed by atoms with Crippen molar-refractivity contribution in [1.29, 1.82) is 0 Å². The number of hydrogen-bond acceptors (Lipinski definition) is 4. The number of hydrogen-bond donors (Lipinski definition) is 2. The van der Waals surface area contributed by atoms with Crippen LogP contribution in [0, 0.1) is 0 Å². The Kier molecular flexibility index (Phi) is 5.82. The lowest BCUT2D eigenvalue weighted by Crippen LogP contribution is -2.26. The van der Waals surface area contributed by atoms with E-state index in [-0.39, 0.29) is 12.5 Å². The topological polar surface area (TPSA) is 62.7 Å². The fourth-order valence-corrected chi connectivity index (χ4v) is 3.75. The quantitative estimate of drug-likeness (QED) is 0.257. The standard InChI is InChI=1S/C24H20ClN3O2/c1-30-22-13-7-6-12-21(22)26-15-23(29)28-27-14-20-16-8-2-4-10-18(16)24(25)19-11-5-3-9-17(19)20/h2-14,26H,15H2,1H3,(H,28,29)/b27-14-. The second kappa shape index (κ2) is 8.84. The number of hydrazone groups is 1. The van der Waals surface area contributed by atoms with E-state index in [1.807, 2.05) is 72.8 Å². The highest BCUT2D eigenvalue weighted by Crippen LogP contribution is 2.35. The first kappa shape index (κ1) is 19.7. The smallest absolute Gasteiger partial charge is 0.259 e. The van der Waals surface area contributed by atoms with Crippen molar-refractivity contribution in [3.05, 3.63) is 83.4 Å². The van der Waals surface area contributed by atoms with Crippen molar-refractivity contribution < 1.29 is 9.53 Å². The largest absolute Gasteiger partial charge is 0.495 e. The third kappa shape index (κ3) is 3.93. The van der Waals surface area contributed by atoms with E-state index in [0.717, 1.165) is 32.8 Å². The first-order valence-electron chi connectivity index (χ1n) is 9.47. The third-order valence-electron chi connectivity index (χ3n) is 4.84. The number of nitrogens with one attached hydrogen (secondary N) is 2. The number of benzene rings is 4. The van der Waals surface area contributed by atoms with Crippen LogP contribution in [0.5, 0.6) is 5.75 Å². The van der Waals surface area contributed by atoms with E-state index >= 15 is 0 Å². The molecule has 0 radical (unpaired) electrons. The molecule has 0 aromatic heterocycles. The first-order valence-corrected chi connectivity index (χ1v) is 9.84. The van der Waals surface area contributed by atoms with Crippen molar-refractivity contribution >= 4 is 51.0 Å². The van der Waals surface area contributed by atoms with Crippen LogP contribution < -0.4 is 15.5 Å². The van der Waals surface area contributed by atoms with Gasteiger partial charge in [-0.3, -0.25) is 4.79 Å². The second-order valence-corrected chi connectivity index (χ2v) is 7.04. The molecule has 4 aromatic carbocycles. The highest BCUT2D eigenvalue weighted by atomic mass is 35.5. The zero-order valence-electron chi connectivity index (χ0n) is 16.4. The number of rotatable bonds is 6. The summed E-state index contributed by atoms with van der Waals surface area (Å²) in [6.45, 7) is 0.0693. The minimum atomic E-state index is -0.264. The number of ether oxygens (including phenoxy) is 1. The maximum atomic E-state index is 12.2. The van der Waals surface area contributed by atoms with Crippen molar-refractivity contribution in [2.45, 2.75) is 0 Å². The molecule has 0 aliphatic heterocycles. The summed E-state index contributed by atoms with van der Waals surface area (Å²) in [6.07, 6.45) is 1.67. The summed E-state index contributed by atoms with van der Waals surface area (Å²) in [6, 6.07) is 23.2. The highest BCUT2D eigenvalue weighted by molar-refractivity contribution is 6.42. The van der Waals surface area contributed by atoms with E-state index in [2.05, 4.69) is 15.8 Å². The van der Waals surface area contributed by atoms with Gasteiger partial charge in [0.1, 0.15) is 5.75 Å². The van der Waals surface area contributed by atoms with Crippen molar-refractivity contribution in [3.8, 4) is 5.75 Å². The molecular formula is C24H20ClN3O2. The summed E-state index contributed by atoms with van der Waals surface area (Å²) in [7, 11) is 1.59. The Morgan fingerprint density at radius 3 is 2.13 bits per heavy atom. The van der Waals surface area contributed by atoms with E-state index in [1.54, 1.807) is 13.3 Å². The predicted molar refractivity (Wildman–Crippen MR) is 124 cm³/mol.